The van der Waals surface area contributed by atoms with Gasteiger partial charge in [-0.1, -0.05) is 0 Å². The Hall–Kier alpha value is -1.29. The zero-order valence-corrected chi connectivity index (χ0v) is 12.6. The Balaban J connectivity index is 2.75. The maximum Gasteiger partial charge on any atom is 0.176 e. The molecule has 1 aromatic rings. The molecule has 1 aromatic carbocycles. The highest BCUT2D eigenvalue weighted by atomic mass is 79.9. The molecule has 0 spiro atoms. The van der Waals surface area contributed by atoms with Gasteiger partial charge >= 0.3 is 0 Å². The number of nitrogens with one attached hydrogen (secondary N) is 1. The highest BCUT2D eigenvalue weighted by molar-refractivity contribution is 9.10. The molecule has 19 heavy (non-hydrogen) atoms. The van der Waals surface area contributed by atoms with E-state index in [1.165, 1.54) is 0 Å². The Morgan fingerprint density at radius 2 is 2.16 bits per heavy atom. The Kier molecular flexibility index (Phi) is 7.26. The molecule has 0 aliphatic carbocycles. The minimum absolute atomic E-state index is 0.0135. The summed E-state index contributed by atoms with van der Waals surface area (Å²) in [6.07, 6.45) is 0. The first-order valence-corrected chi connectivity index (χ1v) is 6.58. The monoisotopic (exact) mass is 328 g/mol. The largest absolute Gasteiger partial charge is 0.493 e. The summed E-state index contributed by atoms with van der Waals surface area (Å²) in [6.45, 7) is 2.14. The van der Waals surface area contributed by atoms with Crippen LogP contribution in [0.2, 0.25) is 0 Å². The van der Waals surface area contributed by atoms with Crippen molar-refractivity contribution in [2.45, 2.75) is 6.54 Å². The van der Waals surface area contributed by atoms with Crippen LogP contribution in [0.4, 0.5) is 0 Å². The van der Waals surface area contributed by atoms with Gasteiger partial charge in [0.15, 0.2) is 18.1 Å². The highest BCUT2D eigenvalue weighted by Gasteiger charge is 2.11. The smallest absolute Gasteiger partial charge is 0.176 e. The van der Waals surface area contributed by atoms with E-state index < -0.39 is 0 Å². The van der Waals surface area contributed by atoms with Crippen LogP contribution in [0, 0.1) is 11.3 Å². The molecule has 0 heterocycles. The second-order valence-corrected chi connectivity index (χ2v) is 4.58. The van der Waals surface area contributed by atoms with Crippen molar-refractivity contribution in [2.75, 3.05) is 34.0 Å². The maximum atomic E-state index is 8.55. The molecule has 6 heteroatoms. The van der Waals surface area contributed by atoms with Crippen molar-refractivity contribution in [3.8, 4) is 17.6 Å². The predicted octanol–water partition coefficient (Wildman–Crippen LogP) is 2.10. The lowest BCUT2D eigenvalue weighted by Crippen LogP contribution is -2.18. The van der Waals surface area contributed by atoms with E-state index in [-0.39, 0.29) is 6.61 Å². The minimum atomic E-state index is -0.0135. The molecule has 0 unspecified atom stereocenters. The van der Waals surface area contributed by atoms with Crippen LogP contribution in [0.3, 0.4) is 0 Å². The molecule has 0 saturated heterocycles. The van der Waals surface area contributed by atoms with Gasteiger partial charge in [0.1, 0.15) is 6.07 Å². The van der Waals surface area contributed by atoms with Gasteiger partial charge in [-0.25, -0.2) is 0 Å². The fraction of sp³-hybridized carbons (Fsp3) is 0.462. The van der Waals surface area contributed by atoms with Gasteiger partial charge in [-0.2, -0.15) is 5.26 Å². The second-order valence-electron chi connectivity index (χ2n) is 3.73. The van der Waals surface area contributed by atoms with E-state index >= 15 is 0 Å². The number of nitriles is 1. The summed E-state index contributed by atoms with van der Waals surface area (Å²) in [4.78, 5) is 0. The number of hydrogen-bond donors (Lipinski definition) is 1. The molecule has 0 aromatic heterocycles. The SMILES string of the molecule is COCCNCc1cc(Br)c(OCC#N)c(OC)c1. The first kappa shape index (κ1) is 15.8. The third-order valence-electron chi connectivity index (χ3n) is 2.38. The lowest BCUT2D eigenvalue weighted by molar-refractivity contribution is 0.199. The summed E-state index contributed by atoms with van der Waals surface area (Å²) in [5.41, 5.74) is 1.06. The molecule has 0 saturated carbocycles. The van der Waals surface area contributed by atoms with Gasteiger partial charge in [-0.05, 0) is 33.6 Å². The fourth-order valence-corrected chi connectivity index (χ4v) is 2.13. The number of nitrogens with zero attached hydrogens (tertiary/aromatic N) is 1. The molecule has 5 nitrogen and oxygen atoms in total. The van der Waals surface area contributed by atoms with Crippen molar-refractivity contribution < 1.29 is 14.2 Å². The van der Waals surface area contributed by atoms with Gasteiger partial charge in [-0.3, -0.25) is 0 Å². The van der Waals surface area contributed by atoms with E-state index in [2.05, 4.69) is 21.2 Å². The number of benzene rings is 1. The molecule has 0 bridgehead atoms. The molecule has 0 atom stereocenters. The van der Waals surface area contributed by atoms with Gasteiger partial charge in [0, 0.05) is 20.2 Å². The van der Waals surface area contributed by atoms with Gasteiger partial charge < -0.3 is 19.5 Å². The zero-order valence-electron chi connectivity index (χ0n) is 11.0. The highest BCUT2D eigenvalue weighted by Crippen LogP contribution is 2.36. The number of ether oxygens (including phenoxy) is 3. The Labute approximate surface area is 121 Å². The summed E-state index contributed by atoms with van der Waals surface area (Å²) < 4.78 is 16.3. The van der Waals surface area contributed by atoms with Crippen LogP contribution < -0.4 is 14.8 Å². The number of hydrogen-bond acceptors (Lipinski definition) is 5. The van der Waals surface area contributed by atoms with Crippen LogP contribution in [0.25, 0.3) is 0 Å². The molecule has 1 N–H and O–H groups in total. The lowest BCUT2D eigenvalue weighted by Gasteiger charge is -2.13. The first-order valence-electron chi connectivity index (χ1n) is 5.78. The number of methoxy groups -OCH3 is 2. The van der Waals surface area contributed by atoms with Crippen LogP contribution in [0.1, 0.15) is 5.56 Å². The van der Waals surface area contributed by atoms with Crippen LogP contribution in [0.5, 0.6) is 11.5 Å². The molecule has 0 fully saturated rings. The van der Waals surface area contributed by atoms with Crippen LogP contribution in [-0.2, 0) is 11.3 Å². The van der Waals surface area contributed by atoms with E-state index in [9.17, 15) is 0 Å². The van der Waals surface area contributed by atoms with Gasteiger partial charge in [0.2, 0.25) is 0 Å². The molecule has 0 aliphatic rings. The van der Waals surface area contributed by atoms with Crippen LogP contribution in [0.15, 0.2) is 16.6 Å². The zero-order chi connectivity index (χ0) is 14.1. The van der Waals surface area contributed by atoms with Crippen LogP contribution >= 0.6 is 15.9 Å². The average molecular weight is 329 g/mol. The lowest BCUT2D eigenvalue weighted by atomic mass is 10.2. The second kappa shape index (κ2) is 8.75. The fourth-order valence-electron chi connectivity index (χ4n) is 1.53. The summed E-state index contributed by atoms with van der Waals surface area (Å²) in [7, 11) is 3.24. The van der Waals surface area contributed by atoms with Crippen LogP contribution in [-0.4, -0.2) is 34.0 Å². The van der Waals surface area contributed by atoms with Crippen molar-refractivity contribution in [3.63, 3.8) is 0 Å². The Bertz CT molecular complexity index is 446. The molecule has 0 amide bonds. The topological polar surface area (TPSA) is 63.5 Å². The van der Waals surface area contributed by atoms with Crippen molar-refractivity contribution >= 4 is 15.9 Å². The van der Waals surface area contributed by atoms with Crippen molar-refractivity contribution in [1.29, 1.82) is 5.26 Å². The quantitative estimate of drug-likeness (QED) is 0.740. The van der Waals surface area contributed by atoms with E-state index in [1.807, 2.05) is 18.2 Å². The van der Waals surface area contributed by atoms with Crippen molar-refractivity contribution in [2.24, 2.45) is 0 Å². The average Bonchev–Trinajstić information content (AvgIpc) is 2.42. The van der Waals surface area contributed by atoms with Crippen molar-refractivity contribution in [3.05, 3.63) is 22.2 Å². The molecular formula is C13H17BrN2O3. The molecule has 1 rings (SSSR count). The molecular weight excluding hydrogens is 312 g/mol. The van der Waals surface area contributed by atoms with Crippen molar-refractivity contribution in [1.82, 2.24) is 5.32 Å². The summed E-state index contributed by atoms with van der Waals surface area (Å²) in [5.74, 6) is 1.15. The summed E-state index contributed by atoms with van der Waals surface area (Å²) in [5, 5.41) is 11.8. The Morgan fingerprint density at radius 1 is 1.37 bits per heavy atom. The Morgan fingerprint density at radius 3 is 2.79 bits per heavy atom. The third kappa shape index (κ3) is 5.07. The molecule has 0 aliphatic heterocycles. The number of rotatable bonds is 8. The van der Waals surface area contributed by atoms with E-state index in [0.717, 1.165) is 16.6 Å². The summed E-state index contributed by atoms with van der Waals surface area (Å²) >= 11 is 3.42. The maximum absolute atomic E-state index is 8.55. The van der Waals surface area contributed by atoms with E-state index in [1.54, 1.807) is 14.2 Å². The minimum Gasteiger partial charge on any atom is -0.493 e. The molecule has 0 radical (unpaired) electrons. The van der Waals surface area contributed by atoms with Gasteiger partial charge in [0.05, 0.1) is 18.2 Å². The molecule has 104 valence electrons. The first-order chi connectivity index (χ1) is 9.22. The third-order valence-corrected chi connectivity index (χ3v) is 2.97. The van der Waals surface area contributed by atoms with E-state index in [0.29, 0.717) is 24.7 Å². The van der Waals surface area contributed by atoms with E-state index in [4.69, 9.17) is 19.5 Å². The van der Waals surface area contributed by atoms with Gasteiger partial charge in [0.25, 0.3) is 0 Å². The predicted molar refractivity (Wildman–Crippen MR) is 75.4 cm³/mol. The van der Waals surface area contributed by atoms with Gasteiger partial charge in [-0.15, -0.1) is 0 Å². The standard InChI is InChI=1S/C13H17BrN2O3/c1-17-6-4-16-9-10-7-11(14)13(19-5-3-15)12(8-10)18-2/h7-8,16H,4-6,9H2,1-2H3. The summed E-state index contributed by atoms with van der Waals surface area (Å²) in [6, 6.07) is 5.76. The number of halogens is 1. The normalized spacial score (nSPS) is 10.0.